The van der Waals surface area contributed by atoms with Crippen LogP contribution in [0.5, 0.6) is 0 Å². The van der Waals surface area contributed by atoms with E-state index < -0.39 is 0 Å². The molecule has 0 fully saturated rings. The van der Waals surface area contributed by atoms with Crippen LogP contribution >= 0.6 is 35.0 Å². The maximum atomic E-state index is 7.95. The molecule has 3 aromatic rings. The lowest BCUT2D eigenvalue weighted by atomic mass is 10.3. The topological polar surface area (TPSA) is 70.3 Å². The smallest absolute Gasteiger partial charge is 0.173 e. The molecule has 0 unspecified atom stereocenters. The summed E-state index contributed by atoms with van der Waals surface area (Å²) in [4.78, 5) is 12.7. The van der Waals surface area contributed by atoms with Gasteiger partial charge in [0.15, 0.2) is 16.3 Å². The van der Waals surface area contributed by atoms with Gasteiger partial charge in [0.05, 0.1) is 16.4 Å². The Morgan fingerprint density at radius 2 is 2.17 bits per heavy atom. The van der Waals surface area contributed by atoms with E-state index in [1.165, 1.54) is 11.8 Å². The molecule has 5 nitrogen and oxygen atoms in total. The molecule has 1 aromatic carbocycles. The zero-order valence-corrected chi connectivity index (χ0v) is 14.8. The van der Waals surface area contributed by atoms with E-state index in [4.69, 9.17) is 35.0 Å². The number of nitrogens with one attached hydrogen (secondary N) is 2. The molecule has 0 aliphatic heterocycles. The molecule has 0 saturated heterocycles. The fourth-order valence-corrected chi connectivity index (χ4v) is 3.36. The Balaban J connectivity index is 1.93. The molecule has 3 rings (SSSR count). The van der Waals surface area contributed by atoms with Crippen LogP contribution in [0.3, 0.4) is 0 Å². The summed E-state index contributed by atoms with van der Waals surface area (Å²) >= 11 is 13.4. The third-order valence-electron chi connectivity index (χ3n) is 3.32. The Labute approximate surface area is 152 Å². The molecule has 0 bridgehead atoms. The average Bonchev–Trinajstić information content (AvgIpc) is 2.98. The second-order valence-corrected chi connectivity index (χ2v) is 6.89. The van der Waals surface area contributed by atoms with Crippen molar-refractivity contribution >= 4 is 46.1 Å². The molecule has 0 amide bonds. The lowest BCUT2D eigenvalue weighted by Gasteiger charge is -2.04. The normalized spacial score (nSPS) is 10.9. The highest BCUT2D eigenvalue weighted by Crippen LogP contribution is 2.31. The number of imidazole rings is 1. The Morgan fingerprint density at radius 1 is 1.33 bits per heavy atom. The number of H-pyrrole nitrogens is 1. The van der Waals surface area contributed by atoms with E-state index in [1.807, 2.05) is 10.6 Å². The number of unbranched alkanes of at least 4 members (excludes halogenated alkanes) is 1. The SMILES string of the molecule is C#CCCCn1cnc(=N)c2[nH]c(Sc3ccc(Cl)c(Cl)c3)nc21. The number of benzene rings is 1. The monoisotopic (exact) mass is 377 g/mol. The minimum absolute atomic E-state index is 0.159. The first-order valence-corrected chi connectivity index (χ1v) is 8.72. The van der Waals surface area contributed by atoms with Gasteiger partial charge in [0.2, 0.25) is 0 Å². The molecule has 2 N–H and O–H groups in total. The Hall–Kier alpha value is -1.94. The predicted molar refractivity (Wildman–Crippen MR) is 96.4 cm³/mol. The van der Waals surface area contributed by atoms with Gasteiger partial charge in [-0.25, -0.2) is 9.97 Å². The van der Waals surface area contributed by atoms with Gasteiger partial charge in [0.25, 0.3) is 0 Å². The molecule has 0 atom stereocenters. The Kier molecular flexibility index (Phi) is 5.14. The molecule has 0 radical (unpaired) electrons. The Bertz CT molecular complexity index is 986. The minimum Gasteiger partial charge on any atom is -0.328 e. The van der Waals surface area contributed by atoms with E-state index >= 15 is 0 Å². The van der Waals surface area contributed by atoms with Gasteiger partial charge in [-0.15, -0.1) is 12.3 Å². The molecule has 122 valence electrons. The molecule has 0 aliphatic carbocycles. The number of aromatic nitrogens is 4. The van der Waals surface area contributed by atoms with Crippen LogP contribution in [0.15, 0.2) is 34.6 Å². The van der Waals surface area contributed by atoms with Crippen molar-refractivity contribution in [1.29, 1.82) is 5.41 Å². The standard InChI is InChI=1S/C16H13Cl2N5S/c1-2-3-4-7-23-9-20-14(19)13-15(23)22-16(21-13)24-10-5-6-11(17)12(18)8-10/h1,5-6,8-9,19H,3-4,7H2,(H,21,22). The van der Waals surface area contributed by atoms with E-state index in [2.05, 4.69) is 20.9 Å². The number of terminal acetylenes is 1. The molecule has 24 heavy (non-hydrogen) atoms. The third-order valence-corrected chi connectivity index (χ3v) is 4.94. The highest BCUT2D eigenvalue weighted by Gasteiger charge is 2.11. The van der Waals surface area contributed by atoms with E-state index in [1.54, 1.807) is 18.5 Å². The maximum Gasteiger partial charge on any atom is 0.173 e. The zero-order valence-electron chi connectivity index (χ0n) is 12.5. The van der Waals surface area contributed by atoms with Crippen LogP contribution in [0, 0.1) is 17.8 Å². The van der Waals surface area contributed by atoms with Crippen molar-refractivity contribution < 1.29 is 0 Å². The molecule has 0 saturated carbocycles. The van der Waals surface area contributed by atoms with E-state index in [0.29, 0.717) is 39.3 Å². The van der Waals surface area contributed by atoms with Crippen LogP contribution in [-0.4, -0.2) is 19.5 Å². The van der Waals surface area contributed by atoms with Gasteiger partial charge in [-0.05, 0) is 24.6 Å². The van der Waals surface area contributed by atoms with Crippen molar-refractivity contribution in [2.75, 3.05) is 0 Å². The highest BCUT2D eigenvalue weighted by molar-refractivity contribution is 7.99. The van der Waals surface area contributed by atoms with Gasteiger partial charge in [0, 0.05) is 17.9 Å². The number of nitrogens with zero attached hydrogens (tertiary/aromatic N) is 3. The first-order valence-electron chi connectivity index (χ1n) is 7.14. The van der Waals surface area contributed by atoms with Gasteiger partial charge in [-0.3, -0.25) is 5.41 Å². The van der Waals surface area contributed by atoms with Crippen molar-refractivity contribution in [3.05, 3.63) is 40.1 Å². The molecule has 2 heterocycles. The zero-order chi connectivity index (χ0) is 17.1. The summed E-state index contributed by atoms with van der Waals surface area (Å²) in [7, 11) is 0. The highest BCUT2D eigenvalue weighted by atomic mass is 35.5. The molecular formula is C16H13Cl2N5S. The lowest BCUT2D eigenvalue weighted by molar-refractivity contribution is 0.653. The average molecular weight is 378 g/mol. The number of hydrogen-bond donors (Lipinski definition) is 2. The van der Waals surface area contributed by atoms with Crippen LogP contribution < -0.4 is 5.49 Å². The summed E-state index contributed by atoms with van der Waals surface area (Å²) in [5, 5.41) is 9.62. The van der Waals surface area contributed by atoms with Gasteiger partial charge < -0.3 is 9.55 Å². The van der Waals surface area contributed by atoms with Crippen molar-refractivity contribution in [1.82, 2.24) is 19.5 Å². The van der Waals surface area contributed by atoms with Gasteiger partial charge in [0.1, 0.15) is 5.52 Å². The number of fused-ring (bicyclic) bond motifs is 1. The summed E-state index contributed by atoms with van der Waals surface area (Å²) in [5.41, 5.74) is 1.45. The summed E-state index contributed by atoms with van der Waals surface area (Å²) in [6, 6.07) is 5.39. The van der Waals surface area contributed by atoms with E-state index in [9.17, 15) is 0 Å². The maximum absolute atomic E-state index is 7.95. The number of halogens is 2. The second kappa shape index (κ2) is 7.31. The summed E-state index contributed by atoms with van der Waals surface area (Å²) in [5.74, 6) is 2.62. The first kappa shape index (κ1) is 16.9. The quantitative estimate of drug-likeness (QED) is 0.519. The predicted octanol–water partition coefficient (Wildman–Crippen LogP) is 4.11. The number of aromatic amines is 1. The van der Waals surface area contributed by atoms with E-state index in [0.717, 1.165) is 11.3 Å². The van der Waals surface area contributed by atoms with Crippen LogP contribution in [0.25, 0.3) is 11.2 Å². The lowest BCUT2D eigenvalue weighted by Crippen LogP contribution is -2.12. The Morgan fingerprint density at radius 3 is 2.92 bits per heavy atom. The van der Waals surface area contributed by atoms with Crippen molar-refractivity contribution in [2.24, 2.45) is 0 Å². The van der Waals surface area contributed by atoms with Gasteiger partial charge in [-0.1, -0.05) is 35.0 Å². The number of hydrogen-bond acceptors (Lipinski definition) is 4. The van der Waals surface area contributed by atoms with Gasteiger partial charge >= 0.3 is 0 Å². The van der Waals surface area contributed by atoms with Crippen LogP contribution in [-0.2, 0) is 6.54 Å². The summed E-state index contributed by atoms with van der Waals surface area (Å²) in [6.07, 6.45) is 8.43. The largest absolute Gasteiger partial charge is 0.328 e. The molecule has 8 heteroatoms. The van der Waals surface area contributed by atoms with E-state index in [-0.39, 0.29) is 5.49 Å². The van der Waals surface area contributed by atoms with Crippen molar-refractivity contribution in [2.45, 2.75) is 29.4 Å². The van der Waals surface area contributed by atoms with Gasteiger partial charge in [-0.2, -0.15) is 0 Å². The van der Waals surface area contributed by atoms with Crippen LogP contribution in [0.4, 0.5) is 0 Å². The van der Waals surface area contributed by atoms with Crippen molar-refractivity contribution in [3.8, 4) is 12.3 Å². The number of aryl methyl sites for hydroxylation is 1. The first-order chi connectivity index (χ1) is 11.6. The number of rotatable bonds is 5. The minimum atomic E-state index is 0.159. The molecule has 0 spiro atoms. The third kappa shape index (κ3) is 3.59. The van der Waals surface area contributed by atoms with Crippen molar-refractivity contribution in [3.63, 3.8) is 0 Å². The van der Waals surface area contributed by atoms with Crippen LogP contribution in [0.2, 0.25) is 10.0 Å². The molecular weight excluding hydrogens is 365 g/mol. The molecule has 2 aromatic heterocycles. The fraction of sp³-hybridized carbons (Fsp3) is 0.188. The second-order valence-electron chi connectivity index (χ2n) is 5.01. The fourth-order valence-electron chi connectivity index (χ4n) is 2.18. The van der Waals surface area contributed by atoms with Crippen LogP contribution in [0.1, 0.15) is 12.8 Å². The summed E-state index contributed by atoms with van der Waals surface area (Å²) in [6.45, 7) is 0.704. The molecule has 0 aliphatic rings. The summed E-state index contributed by atoms with van der Waals surface area (Å²) < 4.78 is 1.90.